The number of alkyl halides is 3. The normalized spacial score (nSPS) is 13.9. The van der Waals surface area contributed by atoms with Gasteiger partial charge in [0.25, 0.3) is 0 Å². The molecule has 9 heteroatoms. The van der Waals surface area contributed by atoms with E-state index >= 15 is 0 Å². The summed E-state index contributed by atoms with van der Waals surface area (Å²) in [5, 5.41) is 6.97. The van der Waals surface area contributed by atoms with Crippen LogP contribution in [0.2, 0.25) is 0 Å². The van der Waals surface area contributed by atoms with Gasteiger partial charge in [-0.1, -0.05) is 23.4 Å². The molecule has 0 saturated carbocycles. The first kappa shape index (κ1) is 20.8. The Bertz CT molecular complexity index is 988. The van der Waals surface area contributed by atoms with Crippen molar-refractivity contribution in [1.29, 1.82) is 0 Å². The first-order chi connectivity index (χ1) is 13.7. The van der Waals surface area contributed by atoms with E-state index in [2.05, 4.69) is 15.5 Å². The van der Waals surface area contributed by atoms with Crippen LogP contribution in [0.5, 0.6) is 5.75 Å². The topological polar surface area (TPSA) is 60.2 Å². The third-order valence-corrected chi connectivity index (χ3v) is 4.44. The molecule has 0 bridgehead atoms. The highest BCUT2D eigenvalue weighted by Crippen LogP contribution is 2.32. The van der Waals surface area contributed by atoms with Crippen molar-refractivity contribution in [2.75, 3.05) is 7.11 Å². The number of rotatable bonds is 6. The van der Waals surface area contributed by atoms with Crippen molar-refractivity contribution in [3.63, 3.8) is 0 Å². The molecule has 0 spiro atoms. The van der Waals surface area contributed by atoms with E-state index in [4.69, 9.17) is 9.26 Å². The van der Waals surface area contributed by atoms with E-state index in [9.17, 15) is 17.6 Å². The lowest BCUT2D eigenvalue weighted by Crippen LogP contribution is -2.22. The average molecular weight is 409 g/mol. The summed E-state index contributed by atoms with van der Waals surface area (Å²) in [5.74, 6) is -0.0614. The Kier molecular flexibility index (Phi) is 5.88. The number of halogens is 4. The molecule has 1 aromatic heterocycles. The van der Waals surface area contributed by atoms with Gasteiger partial charge in [0.05, 0.1) is 18.7 Å². The molecule has 3 aromatic rings. The molecule has 0 aliphatic heterocycles. The van der Waals surface area contributed by atoms with Crippen molar-refractivity contribution in [1.82, 2.24) is 15.5 Å². The van der Waals surface area contributed by atoms with E-state index in [1.54, 1.807) is 13.0 Å². The van der Waals surface area contributed by atoms with Crippen LogP contribution < -0.4 is 10.1 Å². The van der Waals surface area contributed by atoms with E-state index in [1.165, 1.54) is 31.4 Å². The minimum atomic E-state index is -4.46. The maximum Gasteiger partial charge on any atom is 0.416 e. The summed E-state index contributed by atoms with van der Waals surface area (Å²) in [5.41, 5.74) is 0.0998. The lowest BCUT2D eigenvalue weighted by molar-refractivity contribution is -0.137. The summed E-state index contributed by atoms with van der Waals surface area (Å²) in [6, 6.07) is 8.67. The number of nitrogens with one attached hydrogen (secondary N) is 1. The number of nitrogens with zero attached hydrogens (tertiary/aromatic N) is 2. The Labute approximate surface area is 164 Å². The molecule has 154 valence electrons. The Balaban J connectivity index is 1.74. The molecule has 1 heterocycles. The predicted octanol–water partition coefficient (Wildman–Crippen LogP) is 5.31. The van der Waals surface area contributed by atoms with E-state index in [-0.39, 0.29) is 29.1 Å². The van der Waals surface area contributed by atoms with Crippen LogP contribution in [0.15, 0.2) is 47.0 Å². The third kappa shape index (κ3) is 4.73. The first-order valence-electron chi connectivity index (χ1n) is 8.79. The Morgan fingerprint density at radius 3 is 2.48 bits per heavy atom. The summed E-state index contributed by atoms with van der Waals surface area (Å²) in [6.07, 6.45) is -4.46. The Morgan fingerprint density at radius 1 is 1.07 bits per heavy atom. The van der Waals surface area contributed by atoms with Crippen molar-refractivity contribution in [2.45, 2.75) is 32.1 Å². The number of benzene rings is 2. The van der Waals surface area contributed by atoms with E-state index in [0.29, 0.717) is 5.56 Å². The minimum absolute atomic E-state index is 0.0582. The number of hydrogen-bond acceptors (Lipinski definition) is 5. The van der Waals surface area contributed by atoms with Gasteiger partial charge in [-0.2, -0.15) is 18.2 Å². The van der Waals surface area contributed by atoms with Gasteiger partial charge in [-0.05, 0) is 43.7 Å². The van der Waals surface area contributed by atoms with Crippen molar-refractivity contribution >= 4 is 0 Å². The van der Waals surface area contributed by atoms with Gasteiger partial charge in [0, 0.05) is 11.6 Å². The molecule has 2 unspecified atom stereocenters. The minimum Gasteiger partial charge on any atom is -0.494 e. The summed E-state index contributed by atoms with van der Waals surface area (Å²) in [6.45, 7) is 3.60. The summed E-state index contributed by atoms with van der Waals surface area (Å²) < 4.78 is 62.7. The van der Waals surface area contributed by atoms with Crippen molar-refractivity contribution < 1.29 is 26.8 Å². The smallest absolute Gasteiger partial charge is 0.416 e. The third-order valence-electron chi connectivity index (χ3n) is 4.44. The molecule has 0 aliphatic rings. The fourth-order valence-corrected chi connectivity index (χ4v) is 2.86. The summed E-state index contributed by atoms with van der Waals surface area (Å²) >= 11 is 0. The lowest BCUT2D eigenvalue weighted by atomic mass is 10.1. The zero-order valence-electron chi connectivity index (χ0n) is 15.9. The molecule has 2 atom stereocenters. The van der Waals surface area contributed by atoms with Gasteiger partial charge < -0.3 is 9.26 Å². The molecule has 0 saturated heterocycles. The van der Waals surface area contributed by atoms with Crippen LogP contribution in [0.4, 0.5) is 17.6 Å². The highest BCUT2D eigenvalue weighted by molar-refractivity contribution is 5.55. The molecule has 2 aromatic carbocycles. The van der Waals surface area contributed by atoms with Gasteiger partial charge in [-0.3, -0.25) is 5.32 Å². The van der Waals surface area contributed by atoms with E-state index < -0.39 is 23.6 Å². The van der Waals surface area contributed by atoms with Crippen molar-refractivity contribution in [2.24, 2.45) is 0 Å². The standard InChI is InChI=1S/C20H19F4N3O2/c1-11(13-7-8-17(28-3)16(21)10-13)25-12(2)19-26-18(27-29-19)14-5-4-6-15(9-14)20(22,23)24/h4-12,25H,1-3H3. The van der Waals surface area contributed by atoms with Crippen LogP contribution >= 0.6 is 0 Å². The average Bonchev–Trinajstić information content (AvgIpc) is 3.17. The number of hydrogen-bond donors (Lipinski definition) is 1. The van der Waals surface area contributed by atoms with Crippen molar-refractivity contribution in [3.8, 4) is 17.1 Å². The van der Waals surface area contributed by atoms with Gasteiger partial charge in [0.1, 0.15) is 0 Å². The van der Waals surface area contributed by atoms with Crippen LogP contribution in [-0.4, -0.2) is 17.3 Å². The monoisotopic (exact) mass is 409 g/mol. The van der Waals surface area contributed by atoms with E-state index in [0.717, 1.165) is 12.1 Å². The SMILES string of the molecule is COc1ccc(C(C)NC(C)c2nc(-c3cccc(C(F)(F)F)c3)no2)cc1F. The molecule has 29 heavy (non-hydrogen) atoms. The molecule has 1 N–H and O–H groups in total. The molecular weight excluding hydrogens is 390 g/mol. The van der Waals surface area contributed by atoms with Gasteiger partial charge in [-0.25, -0.2) is 4.39 Å². The second kappa shape index (κ2) is 8.20. The second-order valence-corrected chi connectivity index (χ2v) is 6.54. The zero-order valence-corrected chi connectivity index (χ0v) is 15.9. The van der Waals surface area contributed by atoms with Gasteiger partial charge in [0.15, 0.2) is 11.6 Å². The van der Waals surface area contributed by atoms with Crippen LogP contribution in [-0.2, 0) is 6.18 Å². The molecule has 0 aliphatic carbocycles. The highest BCUT2D eigenvalue weighted by atomic mass is 19.4. The fraction of sp³-hybridized carbons (Fsp3) is 0.300. The van der Waals surface area contributed by atoms with Gasteiger partial charge >= 0.3 is 6.18 Å². The maximum atomic E-state index is 13.9. The first-order valence-corrected chi connectivity index (χ1v) is 8.79. The molecule has 0 radical (unpaired) electrons. The molecule has 0 amide bonds. The fourth-order valence-electron chi connectivity index (χ4n) is 2.86. The van der Waals surface area contributed by atoms with Crippen LogP contribution in [0.1, 0.15) is 42.9 Å². The van der Waals surface area contributed by atoms with Crippen LogP contribution in [0, 0.1) is 5.82 Å². The second-order valence-electron chi connectivity index (χ2n) is 6.54. The van der Waals surface area contributed by atoms with Crippen LogP contribution in [0.25, 0.3) is 11.4 Å². The summed E-state index contributed by atoms with van der Waals surface area (Å²) in [4.78, 5) is 4.19. The number of ether oxygens (including phenoxy) is 1. The molecule has 3 rings (SSSR count). The number of aromatic nitrogens is 2. The van der Waals surface area contributed by atoms with Gasteiger partial charge in [0.2, 0.25) is 11.7 Å². The summed E-state index contributed by atoms with van der Waals surface area (Å²) in [7, 11) is 1.39. The molecule has 0 fully saturated rings. The maximum absolute atomic E-state index is 13.9. The lowest BCUT2D eigenvalue weighted by Gasteiger charge is -2.18. The quantitative estimate of drug-likeness (QED) is 0.559. The highest BCUT2D eigenvalue weighted by Gasteiger charge is 2.31. The Hall–Kier alpha value is -2.94. The Morgan fingerprint density at radius 2 is 1.83 bits per heavy atom. The zero-order chi connectivity index (χ0) is 21.2. The predicted molar refractivity (Wildman–Crippen MR) is 97.7 cm³/mol. The largest absolute Gasteiger partial charge is 0.494 e. The van der Waals surface area contributed by atoms with Gasteiger partial charge in [-0.15, -0.1) is 0 Å². The van der Waals surface area contributed by atoms with E-state index in [1.807, 2.05) is 6.92 Å². The van der Waals surface area contributed by atoms with Crippen LogP contribution in [0.3, 0.4) is 0 Å². The van der Waals surface area contributed by atoms with Crippen molar-refractivity contribution in [3.05, 3.63) is 65.3 Å². The molecular formula is C20H19F4N3O2. The molecule has 5 nitrogen and oxygen atoms in total. The number of methoxy groups -OCH3 is 1.